The van der Waals surface area contributed by atoms with Crippen molar-refractivity contribution in [3.05, 3.63) is 60.2 Å². The van der Waals surface area contributed by atoms with Crippen LogP contribution in [0.5, 0.6) is 5.75 Å². The molecule has 1 aliphatic rings. The van der Waals surface area contributed by atoms with Gasteiger partial charge in [-0.1, -0.05) is 18.2 Å². The van der Waals surface area contributed by atoms with Crippen LogP contribution >= 0.6 is 0 Å². The lowest BCUT2D eigenvalue weighted by Crippen LogP contribution is -2.46. The number of hydrogen-bond donors (Lipinski definition) is 2. The number of hydrogen-bond acceptors (Lipinski definition) is 5. The molecule has 176 valence electrons. The summed E-state index contributed by atoms with van der Waals surface area (Å²) >= 11 is 0. The lowest BCUT2D eigenvalue weighted by atomic mass is 10.1. The van der Waals surface area contributed by atoms with E-state index in [0.29, 0.717) is 44.0 Å². The molecule has 1 saturated heterocycles. The van der Waals surface area contributed by atoms with Gasteiger partial charge in [0.05, 0.1) is 11.5 Å². The van der Waals surface area contributed by atoms with Crippen LogP contribution in [0.3, 0.4) is 0 Å². The van der Waals surface area contributed by atoms with Gasteiger partial charge in [-0.3, -0.25) is 9.59 Å². The molecule has 0 bridgehead atoms. The first kappa shape index (κ1) is 24.5. The normalized spacial score (nSPS) is 15.3. The lowest BCUT2D eigenvalue weighted by molar-refractivity contribution is -0.117. The minimum atomic E-state index is -3.64. The molecule has 0 aliphatic carbocycles. The molecule has 0 saturated carbocycles. The van der Waals surface area contributed by atoms with E-state index < -0.39 is 10.0 Å². The average Bonchev–Trinajstić information content (AvgIpc) is 2.79. The van der Waals surface area contributed by atoms with Crippen LogP contribution in [-0.4, -0.2) is 50.3 Å². The smallest absolute Gasteiger partial charge is 0.244 e. The number of sulfonamides is 1. The van der Waals surface area contributed by atoms with Gasteiger partial charge in [-0.15, -0.1) is 0 Å². The summed E-state index contributed by atoms with van der Waals surface area (Å²) in [6.45, 7) is 4.47. The van der Waals surface area contributed by atoms with Crippen molar-refractivity contribution < 1.29 is 22.7 Å². The monoisotopic (exact) mass is 471 g/mol. The van der Waals surface area contributed by atoms with Crippen molar-refractivity contribution in [1.82, 2.24) is 9.62 Å². The number of anilines is 1. The molecule has 2 N–H and O–H groups in total. The molecule has 2 amide bonds. The second-order valence-corrected chi connectivity index (χ2v) is 9.63. The first-order valence-corrected chi connectivity index (χ1v) is 12.3. The van der Waals surface area contributed by atoms with Gasteiger partial charge in [0.1, 0.15) is 5.75 Å². The Morgan fingerprint density at radius 3 is 2.39 bits per heavy atom. The van der Waals surface area contributed by atoms with Gasteiger partial charge in [0.15, 0.2) is 0 Å². The number of nitrogens with one attached hydrogen (secondary N) is 2. The van der Waals surface area contributed by atoms with E-state index in [0.717, 1.165) is 5.56 Å². The summed E-state index contributed by atoms with van der Waals surface area (Å²) < 4.78 is 32.8. The highest BCUT2D eigenvalue weighted by atomic mass is 32.2. The van der Waals surface area contributed by atoms with E-state index >= 15 is 0 Å². The van der Waals surface area contributed by atoms with E-state index in [1.54, 1.807) is 18.2 Å². The second-order valence-electron chi connectivity index (χ2n) is 7.70. The molecule has 0 aromatic heterocycles. The van der Waals surface area contributed by atoms with Crippen molar-refractivity contribution in [3.63, 3.8) is 0 Å². The first-order valence-electron chi connectivity index (χ1n) is 10.9. The molecule has 2 aromatic carbocycles. The number of rotatable bonds is 8. The molecule has 3 rings (SSSR count). The molecule has 0 radical (unpaired) electrons. The highest BCUT2D eigenvalue weighted by Gasteiger charge is 2.29. The third kappa shape index (κ3) is 6.66. The van der Waals surface area contributed by atoms with Crippen LogP contribution in [0.25, 0.3) is 6.08 Å². The fraction of sp³-hybridized carbons (Fsp3) is 0.333. The number of amides is 2. The van der Waals surface area contributed by atoms with E-state index in [-0.39, 0.29) is 22.8 Å². The molecule has 0 spiro atoms. The SMILES string of the molecule is CCOc1ccccc1/C=C/C(=O)NC1CCN(S(=O)(=O)c2ccc(NC(C)=O)cc2)CC1. The Labute approximate surface area is 194 Å². The molecule has 1 fully saturated rings. The van der Waals surface area contributed by atoms with Crippen molar-refractivity contribution in [3.8, 4) is 5.75 Å². The summed E-state index contributed by atoms with van der Waals surface area (Å²) in [6, 6.07) is 13.5. The summed E-state index contributed by atoms with van der Waals surface area (Å²) in [4.78, 5) is 23.7. The predicted molar refractivity (Wildman–Crippen MR) is 127 cm³/mol. The molecule has 1 heterocycles. The molecular formula is C24H29N3O5S. The molecule has 33 heavy (non-hydrogen) atoms. The Hall–Kier alpha value is -3.17. The van der Waals surface area contributed by atoms with Crippen LogP contribution in [-0.2, 0) is 19.6 Å². The van der Waals surface area contributed by atoms with Crippen molar-refractivity contribution in [1.29, 1.82) is 0 Å². The number of piperidine rings is 1. The van der Waals surface area contributed by atoms with Crippen LogP contribution in [0.1, 0.15) is 32.3 Å². The number of para-hydroxylation sites is 1. The van der Waals surface area contributed by atoms with Crippen molar-refractivity contribution in [2.45, 2.75) is 37.6 Å². The van der Waals surface area contributed by atoms with E-state index in [2.05, 4.69) is 10.6 Å². The fourth-order valence-corrected chi connectivity index (χ4v) is 5.09. The minimum absolute atomic E-state index is 0.0992. The van der Waals surface area contributed by atoms with Gasteiger partial charge in [-0.05, 0) is 56.2 Å². The Bertz CT molecular complexity index is 1110. The Balaban J connectivity index is 1.54. The van der Waals surface area contributed by atoms with Crippen LogP contribution in [0, 0.1) is 0 Å². The zero-order chi connectivity index (χ0) is 23.8. The Morgan fingerprint density at radius 2 is 1.76 bits per heavy atom. The van der Waals surface area contributed by atoms with Gasteiger partial charge in [-0.25, -0.2) is 8.42 Å². The maximum absolute atomic E-state index is 12.9. The van der Waals surface area contributed by atoms with E-state index in [9.17, 15) is 18.0 Å². The number of benzene rings is 2. The van der Waals surface area contributed by atoms with Gasteiger partial charge in [0.2, 0.25) is 21.8 Å². The van der Waals surface area contributed by atoms with Crippen LogP contribution in [0.2, 0.25) is 0 Å². The maximum Gasteiger partial charge on any atom is 0.244 e. The maximum atomic E-state index is 12.9. The largest absolute Gasteiger partial charge is 0.493 e. The molecule has 8 nitrogen and oxygen atoms in total. The van der Waals surface area contributed by atoms with Gasteiger partial charge < -0.3 is 15.4 Å². The summed E-state index contributed by atoms with van der Waals surface area (Å²) in [6.07, 6.45) is 4.23. The van der Waals surface area contributed by atoms with Gasteiger partial charge >= 0.3 is 0 Å². The molecule has 0 atom stereocenters. The van der Waals surface area contributed by atoms with E-state index in [1.807, 2.05) is 31.2 Å². The number of carbonyl (C=O) groups is 2. The van der Waals surface area contributed by atoms with E-state index in [4.69, 9.17) is 4.74 Å². The van der Waals surface area contributed by atoms with Gasteiger partial charge in [0.25, 0.3) is 0 Å². The molecule has 2 aromatic rings. The average molecular weight is 472 g/mol. The summed E-state index contributed by atoms with van der Waals surface area (Å²) in [5, 5.41) is 5.57. The number of carbonyl (C=O) groups excluding carboxylic acids is 2. The third-order valence-corrected chi connectivity index (χ3v) is 7.16. The summed E-state index contributed by atoms with van der Waals surface area (Å²) in [7, 11) is -3.64. The quantitative estimate of drug-likeness (QED) is 0.576. The second kappa shape index (κ2) is 11.1. The number of nitrogens with zero attached hydrogens (tertiary/aromatic N) is 1. The molecular weight excluding hydrogens is 442 g/mol. The van der Waals surface area contributed by atoms with Gasteiger partial charge in [-0.2, -0.15) is 4.31 Å². The van der Waals surface area contributed by atoms with E-state index in [1.165, 1.54) is 29.4 Å². The predicted octanol–water partition coefficient (Wildman–Crippen LogP) is 3.03. The zero-order valence-electron chi connectivity index (χ0n) is 18.8. The fourth-order valence-electron chi connectivity index (χ4n) is 3.62. The summed E-state index contributed by atoms with van der Waals surface area (Å²) in [5.41, 5.74) is 1.36. The highest BCUT2D eigenvalue weighted by Crippen LogP contribution is 2.23. The molecule has 1 aliphatic heterocycles. The Morgan fingerprint density at radius 1 is 1.09 bits per heavy atom. The standard InChI is InChI=1S/C24H29N3O5S/c1-3-32-23-7-5-4-6-19(23)8-13-24(29)26-21-14-16-27(17-15-21)33(30,31)22-11-9-20(10-12-22)25-18(2)28/h4-13,21H,3,14-17H2,1-2H3,(H,25,28)(H,26,29)/b13-8+. The van der Waals surface area contributed by atoms with Crippen molar-refractivity contribution >= 4 is 33.6 Å². The topological polar surface area (TPSA) is 105 Å². The third-order valence-electron chi connectivity index (χ3n) is 5.25. The van der Waals surface area contributed by atoms with Crippen molar-refractivity contribution in [2.24, 2.45) is 0 Å². The highest BCUT2D eigenvalue weighted by molar-refractivity contribution is 7.89. The first-order chi connectivity index (χ1) is 15.8. The van der Waals surface area contributed by atoms with Gasteiger partial charge in [0, 0.05) is 43.4 Å². The Kier molecular flexibility index (Phi) is 8.24. The zero-order valence-corrected chi connectivity index (χ0v) is 19.6. The van der Waals surface area contributed by atoms with Crippen LogP contribution in [0.4, 0.5) is 5.69 Å². The lowest BCUT2D eigenvalue weighted by Gasteiger charge is -2.31. The molecule has 0 unspecified atom stereocenters. The number of ether oxygens (including phenoxy) is 1. The minimum Gasteiger partial charge on any atom is -0.493 e. The van der Waals surface area contributed by atoms with Crippen LogP contribution in [0.15, 0.2) is 59.5 Å². The summed E-state index contributed by atoms with van der Waals surface area (Å²) in [5.74, 6) is 0.270. The molecule has 9 heteroatoms. The van der Waals surface area contributed by atoms with Crippen LogP contribution < -0.4 is 15.4 Å². The van der Waals surface area contributed by atoms with Crippen molar-refractivity contribution in [2.75, 3.05) is 25.0 Å².